The highest BCUT2D eigenvalue weighted by Crippen LogP contribution is 2.31. The number of nitrogens with one attached hydrogen (secondary N) is 2. The highest BCUT2D eigenvalue weighted by atomic mass is 32.2. The first-order valence-electron chi connectivity index (χ1n) is 12.1. The number of aromatic amines is 1. The van der Waals surface area contributed by atoms with E-state index in [4.69, 9.17) is 4.74 Å². The molecule has 3 heterocycles. The minimum Gasteiger partial charge on any atom is -0.493 e. The Morgan fingerprint density at radius 1 is 1.24 bits per heavy atom. The van der Waals surface area contributed by atoms with Gasteiger partial charge in [0, 0.05) is 5.92 Å². The maximum atomic E-state index is 13.1. The van der Waals surface area contributed by atoms with Crippen molar-refractivity contribution in [2.75, 3.05) is 18.1 Å². The lowest BCUT2D eigenvalue weighted by atomic mass is 10.0. The summed E-state index contributed by atoms with van der Waals surface area (Å²) in [6.45, 7) is 7.83. The average molecular weight is 554 g/mol. The number of ether oxygens (including phenoxy) is 1. The molecule has 3 aromatic rings. The van der Waals surface area contributed by atoms with E-state index in [0.717, 1.165) is 12.8 Å². The molecule has 4 rings (SSSR count). The maximum absolute atomic E-state index is 13.1. The number of nitrogens with zero attached hydrogens (tertiary/aromatic N) is 3. The normalized spacial score (nSPS) is 19.6. The molecular weight excluding hydrogens is 522 g/mol. The molecule has 0 saturated carbocycles. The fraction of sp³-hybridized carbons (Fsp3) is 0.522. The topological polar surface area (TPSA) is 173 Å². The zero-order valence-corrected chi connectivity index (χ0v) is 22.7. The van der Waals surface area contributed by atoms with E-state index in [9.17, 15) is 26.7 Å². The second kappa shape index (κ2) is 10.2. The molecule has 2 atom stereocenters. The molecule has 3 N–H and O–H groups in total. The number of hydrogen-bond acceptors (Lipinski definition) is 9. The smallest absolute Gasteiger partial charge is 0.277 e. The number of imidazole rings is 1. The third-order valence-electron chi connectivity index (χ3n) is 6.50. The SMILES string of the molecule is CCOc1ccc(S(=O)(=O)NC2CS(=O)(=O)CC2O)cc1-c1nn2c(C(CC)CC)nc(C)c2c(=O)[nH]1. The van der Waals surface area contributed by atoms with Gasteiger partial charge in [-0.1, -0.05) is 13.8 Å². The van der Waals surface area contributed by atoms with Crippen LogP contribution in [0.3, 0.4) is 0 Å². The van der Waals surface area contributed by atoms with E-state index in [1.807, 2.05) is 13.8 Å². The lowest BCUT2D eigenvalue weighted by molar-refractivity contribution is 0.176. The molecule has 0 spiro atoms. The summed E-state index contributed by atoms with van der Waals surface area (Å²) in [4.78, 5) is 20.2. The van der Waals surface area contributed by atoms with Gasteiger partial charge >= 0.3 is 0 Å². The van der Waals surface area contributed by atoms with Crippen molar-refractivity contribution in [3.05, 3.63) is 40.1 Å². The van der Waals surface area contributed by atoms with Gasteiger partial charge < -0.3 is 14.8 Å². The Morgan fingerprint density at radius 2 is 1.95 bits per heavy atom. The molecule has 37 heavy (non-hydrogen) atoms. The third kappa shape index (κ3) is 5.28. The molecule has 0 bridgehead atoms. The summed E-state index contributed by atoms with van der Waals surface area (Å²) >= 11 is 0. The van der Waals surface area contributed by atoms with Gasteiger partial charge in [-0.25, -0.2) is 31.1 Å². The summed E-state index contributed by atoms with van der Waals surface area (Å²) in [6.07, 6.45) is 0.242. The third-order valence-corrected chi connectivity index (χ3v) is 9.70. The Hall–Kier alpha value is -2.81. The minimum absolute atomic E-state index is 0.0692. The maximum Gasteiger partial charge on any atom is 0.277 e. The van der Waals surface area contributed by atoms with Crippen molar-refractivity contribution < 1.29 is 26.7 Å². The van der Waals surface area contributed by atoms with Crippen molar-refractivity contribution in [2.45, 2.75) is 63.5 Å². The van der Waals surface area contributed by atoms with Crippen molar-refractivity contribution in [2.24, 2.45) is 0 Å². The number of aromatic nitrogens is 4. The van der Waals surface area contributed by atoms with E-state index < -0.39 is 49.1 Å². The largest absolute Gasteiger partial charge is 0.493 e. The number of fused-ring (bicyclic) bond motifs is 1. The van der Waals surface area contributed by atoms with Gasteiger partial charge in [0.1, 0.15) is 11.6 Å². The van der Waals surface area contributed by atoms with Crippen LogP contribution in [0, 0.1) is 6.92 Å². The van der Waals surface area contributed by atoms with Crippen LogP contribution in [0.15, 0.2) is 27.9 Å². The van der Waals surface area contributed by atoms with Gasteiger partial charge in [0.25, 0.3) is 5.56 Å². The Labute approximate surface area is 215 Å². The fourth-order valence-corrected chi connectivity index (χ4v) is 7.73. The van der Waals surface area contributed by atoms with Crippen LogP contribution in [-0.2, 0) is 19.9 Å². The molecule has 1 aliphatic rings. The number of benzene rings is 1. The lowest BCUT2D eigenvalue weighted by Crippen LogP contribution is -2.42. The molecule has 14 heteroatoms. The van der Waals surface area contributed by atoms with E-state index in [1.165, 1.54) is 22.7 Å². The number of aryl methyl sites for hydroxylation is 1. The van der Waals surface area contributed by atoms with E-state index in [2.05, 4.69) is 19.8 Å². The van der Waals surface area contributed by atoms with Crippen LogP contribution in [0.2, 0.25) is 0 Å². The van der Waals surface area contributed by atoms with Gasteiger partial charge in [-0.15, -0.1) is 5.10 Å². The lowest BCUT2D eigenvalue weighted by Gasteiger charge is -2.17. The fourth-order valence-electron chi connectivity index (χ4n) is 4.58. The zero-order chi connectivity index (χ0) is 27.1. The first-order valence-corrected chi connectivity index (χ1v) is 15.4. The van der Waals surface area contributed by atoms with Crippen LogP contribution in [0.4, 0.5) is 0 Å². The van der Waals surface area contributed by atoms with Gasteiger partial charge in [-0.2, -0.15) is 0 Å². The standard InChI is InChI=1S/C23H31N5O7S2/c1-5-14(6-2)22-24-13(4)20-23(30)25-21(26-28(20)22)16-10-15(8-9-19(16)35-7-3)37(33,34)27-17-11-36(31,32)12-18(17)29/h8-10,14,17-18,27,29H,5-7,11-12H2,1-4H3,(H,25,26,30). The number of hydrogen-bond donors (Lipinski definition) is 3. The van der Waals surface area contributed by atoms with E-state index in [-0.39, 0.29) is 28.8 Å². The number of H-pyrrole nitrogens is 1. The Bertz CT molecular complexity index is 1590. The van der Waals surface area contributed by atoms with Crippen molar-refractivity contribution in [1.29, 1.82) is 0 Å². The first kappa shape index (κ1) is 27.2. The highest BCUT2D eigenvalue weighted by Gasteiger charge is 2.39. The Morgan fingerprint density at radius 3 is 2.54 bits per heavy atom. The molecule has 1 aromatic carbocycles. The Balaban J connectivity index is 1.84. The summed E-state index contributed by atoms with van der Waals surface area (Å²) < 4.78 is 59.4. The second-order valence-corrected chi connectivity index (χ2v) is 13.0. The molecule has 2 unspecified atom stereocenters. The number of sulfonamides is 1. The predicted octanol–water partition coefficient (Wildman–Crippen LogP) is 1.13. The highest BCUT2D eigenvalue weighted by molar-refractivity contribution is 7.92. The molecule has 0 amide bonds. The quantitative estimate of drug-likeness (QED) is 0.351. The van der Waals surface area contributed by atoms with Crippen molar-refractivity contribution in [3.8, 4) is 17.1 Å². The summed E-state index contributed by atoms with van der Waals surface area (Å²) in [5.41, 5.74) is 0.647. The van der Waals surface area contributed by atoms with E-state index >= 15 is 0 Å². The first-order chi connectivity index (χ1) is 17.4. The van der Waals surface area contributed by atoms with E-state index in [0.29, 0.717) is 22.8 Å². The second-order valence-electron chi connectivity index (χ2n) is 9.09. The molecular formula is C23H31N5O7S2. The van der Waals surface area contributed by atoms with Gasteiger partial charge in [0.2, 0.25) is 10.0 Å². The van der Waals surface area contributed by atoms with E-state index in [1.54, 1.807) is 13.8 Å². The van der Waals surface area contributed by atoms with Gasteiger partial charge in [0.15, 0.2) is 21.2 Å². The zero-order valence-electron chi connectivity index (χ0n) is 21.1. The van der Waals surface area contributed by atoms with Crippen LogP contribution in [0.1, 0.15) is 51.0 Å². The average Bonchev–Trinajstić information content (AvgIpc) is 3.28. The molecule has 0 aliphatic carbocycles. The molecule has 2 aromatic heterocycles. The van der Waals surface area contributed by atoms with Crippen LogP contribution in [-0.4, -0.2) is 71.8 Å². The predicted molar refractivity (Wildman–Crippen MR) is 137 cm³/mol. The Kier molecular flexibility index (Phi) is 7.48. The number of aliphatic hydroxyl groups excluding tert-OH is 1. The van der Waals surface area contributed by atoms with Crippen LogP contribution in [0.25, 0.3) is 16.9 Å². The molecule has 0 radical (unpaired) electrons. The minimum atomic E-state index is -4.24. The summed E-state index contributed by atoms with van der Waals surface area (Å²) in [6, 6.07) is 2.88. The van der Waals surface area contributed by atoms with Gasteiger partial charge in [-0.3, -0.25) is 4.79 Å². The van der Waals surface area contributed by atoms with Crippen molar-refractivity contribution >= 4 is 25.4 Å². The van der Waals surface area contributed by atoms with Crippen LogP contribution in [0.5, 0.6) is 5.75 Å². The molecule has 12 nitrogen and oxygen atoms in total. The van der Waals surface area contributed by atoms with Crippen LogP contribution < -0.4 is 15.0 Å². The van der Waals surface area contributed by atoms with Crippen LogP contribution >= 0.6 is 0 Å². The molecule has 1 fully saturated rings. The van der Waals surface area contributed by atoms with Gasteiger partial charge in [0.05, 0.1) is 46.4 Å². The molecule has 1 aliphatic heterocycles. The summed E-state index contributed by atoms with van der Waals surface area (Å²) in [5, 5.41) is 14.7. The summed E-state index contributed by atoms with van der Waals surface area (Å²) in [7, 11) is -7.80. The number of rotatable bonds is 9. The molecule has 1 saturated heterocycles. The van der Waals surface area contributed by atoms with Crippen molar-refractivity contribution in [3.63, 3.8) is 0 Å². The summed E-state index contributed by atoms with van der Waals surface area (Å²) in [5.74, 6) is 0.0915. The molecule has 202 valence electrons. The monoisotopic (exact) mass is 553 g/mol. The van der Waals surface area contributed by atoms with Crippen molar-refractivity contribution in [1.82, 2.24) is 24.3 Å². The van der Waals surface area contributed by atoms with Gasteiger partial charge in [-0.05, 0) is 44.9 Å². The number of sulfone groups is 1. The number of aliphatic hydroxyl groups is 1.